The minimum Gasteiger partial charge on any atom is -0.260 e. The van der Waals surface area contributed by atoms with E-state index in [2.05, 4.69) is 25.9 Å². The van der Waals surface area contributed by atoms with Crippen LogP contribution >= 0.6 is 22.9 Å². The maximum atomic E-state index is 6.06. The lowest BCUT2D eigenvalue weighted by atomic mass is 10.2. The van der Waals surface area contributed by atoms with Gasteiger partial charge in [0.05, 0.1) is 16.4 Å². The molecule has 2 aromatic heterocycles. The molecule has 0 atom stereocenters. The fraction of sp³-hybridized carbons (Fsp3) is 0.0714. The number of hydrogen-bond acceptors (Lipinski definition) is 5. The first-order valence-electron chi connectivity index (χ1n) is 5.98. The molecule has 0 saturated heterocycles. The monoisotopic (exact) mass is 302 g/mol. The molecule has 0 aliphatic heterocycles. The lowest BCUT2D eigenvalue weighted by Gasteiger charge is -2.01. The van der Waals surface area contributed by atoms with Gasteiger partial charge in [0.2, 0.25) is 0 Å². The molecule has 0 amide bonds. The van der Waals surface area contributed by atoms with E-state index in [9.17, 15) is 0 Å². The average Bonchev–Trinajstić information content (AvgIpc) is 2.84. The second-order valence-electron chi connectivity index (χ2n) is 4.21. The Morgan fingerprint density at radius 2 is 2.15 bits per heavy atom. The van der Waals surface area contributed by atoms with Crippen molar-refractivity contribution < 1.29 is 0 Å². The van der Waals surface area contributed by atoms with Gasteiger partial charge in [-0.3, -0.25) is 5.43 Å². The van der Waals surface area contributed by atoms with Crippen LogP contribution < -0.4 is 5.43 Å². The zero-order chi connectivity index (χ0) is 13.9. The summed E-state index contributed by atoms with van der Waals surface area (Å²) < 4.78 is 1.00. The van der Waals surface area contributed by atoms with Gasteiger partial charge in [-0.15, -0.1) is 11.3 Å². The number of hydrogen-bond donors (Lipinski definition) is 1. The van der Waals surface area contributed by atoms with Crippen LogP contribution in [0.25, 0.3) is 10.2 Å². The van der Waals surface area contributed by atoms with E-state index < -0.39 is 0 Å². The molecule has 0 bridgehead atoms. The summed E-state index contributed by atoms with van der Waals surface area (Å²) in [6.07, 6.45) is 3.21. The Morgan fingerprint density at radius 3 is 3.00 bits per heavy atom. The highest BCUT2D eigenvalue weighted by Crippen LogP contribution is 2.28. The minimum atomic E-state index is 0.665. The van der Waals surface area contributed by atoms with Crippen molar-refractivity contribution in [3.05, 3.63) is 52.1 Å². The van der Waals surface area contributed by atoms with E-state index in [0.29, 0.717) is 10.8 Å². The highest BCUT2D eigenvalue weighted by molar-refractivity contribution is 7.18. The van der Waals surface area contributed by atoms with Crippen molar-refractivity contribution >= 4 is 45.2 Å². The third-order valence-electron chi connectivity index (χ3n) is 2.81. The van der Waals surface area contributed by atoms with Gasteiger partial charge in [-0.2, -0.15) is 5.10 Å². The molecule has 0 spiro atoms. The first-order valence-corrected chi connectivity index (χ1v) is 7.24. The zero-order valence-corrected chi connectivity index (χ0v) is 12.2. The number of aryl methyl sites for hydroxylation is 1. The van der Waals surface area contributed by atoms with Crippen LogP contribution in [0.1, 0.15) is 11.1 Å². The first kappa shape index (κ1) is 13.0. The molecular weight excluding hydrogens is 292 g/mol. The van der Waals surface area contributed by atoms with Crippen LogP contribution in [0.4, 0.5) is 5.82 Å². The van der Waals surface area contributed by atoms with Gasteiger partial charge in [0.25, 0.3) is 0 Å². The number of thiophene rings is 1. The third kappa shape index (κ3) is 2.50. The maximum Gasteiger partial charge on any atom is 0.167 e. The number of nitrogens with one attached hydrogen (secondary N) is 1. The molecular formula is C14H11ClN4S. The molecule has 3 aromatic rings. The number of benzene rings is 1. The molecule has 3 rings (SSSR count). The normalized spacial score (nSPS) is 11.3. The topological polar surface area (TPSA) is 50.2 Å². The predicted molar refractivity (Wildman–Crippen MR) is 84.8 cm³/mol. The van der Waals surface area contributed by atoms with Crippen LogP contribution in [0.15, 0.2) is 41.1 Å². The predicted octanol–water partition coefficient (Wildman–Crippen LogP) is 4.10. The Labute approximate surface area is 125 Å². The Morgan fingerprint density at radius 1 is 1.30 bits per heavy atom. The molecule has 0 aliphatic rings. The van der Waals surface area contributed by atoms with Crippen LogP contribution in [0.3, 0.4) is 0 Å². The summed E-state index contributed by atoms with van der Waals surface area (Å²) in [7, 11) is 0. The molecule has 0 radical (unpaired) electrons. The summed E-state index contributed by atoms with van der Waals surface area (Å²) >= 11 is 7.66. The minimum absolute atomic E-state index is 0.665. The molecule has 100 valence electrons. The van der Waals surface area contributed by atoms with E-state index in [1.165, 1.54) is 6.33 Å². The molecule has 1 aromatic carbocycles. The molecule has 4 nitrogen and oxygen atoms in total. The van der Waals surface area contributed by atoms with Gasteiger partial charge in [0, 0.05) is 10.6 Å². The first-order chi connectivity index (χ1) is 9.75. The van der Waals surface area contributed by atoms with Gasteiger partial charge in [0.1, 0.15) is 6.33 Å². The van der Waals surface area contributed by atoms with Gasteiger partial charge in [-0.25, -0.2) is 9.97 Å². The number of rotatable bonds is 3. The van der Waals surface area contributed by atoms with Crippen molar-refractivity contribution in [2.45, 2.75) is 6.92 Å². The van der Waals surface area contributed by atoms with Crippen LogP contribution in [-0.2, 0) is 0 Å². The number of hydrazone groups is 1. The molecule has 0 aliphatic carbocycles. The van der Waals surface area contributed by atoms with E-state index in [4.69, 9.17) is 11.6 Å². The SMILES string of the molecule is Cc1csc2c(NN=Cc3ccccc3Cl)ncnc12. The van der Waals surface area contributed by atoms with Crippen LogP contribution in [0, 0.1) is 6.92 Å². The Hall–Kier alpha value is -1.98. The van der Waals surface area contributed by atoms with Gasteiger partial charge in [0.15, 0.2) is 5.82 Å². The fourth-order valence-electron chi connectivity index (χ4n) is 1.79. The second-order valence-corrected chi connectivity index (χ2v) is 5.50. The van der Waals surface area contributed by atoms with E-state index in [1.54, 1.807) is 17.6 Å². The van der Waals surface area contributed by atoms with Crippen molar-refractivity contribution in [1.82, 2.24) is 9.97 Å². The number of halogens is 1. The number of anilines is 1. The van der Waals surface area contributed by atoms with Crippen LogP contribution in [0.2, 0.25) is 5.02 Å². The molecule has 6 heteroatoms. The Balaban J connectivity index is 1.86. The fourth-order valence-corrected chi connectivity index (χ4v) is 2.92. The zero-order valence-electron chi connectivity index (χ0n) is 10.7. The lowest BCUT2D eigenvalue weighted by molar-refractivity contribution is 1.18. The highest BCUT2D eigenvalue weighted by atomic mass is 35.5. The summed E-state index contributed by atoms with van der Waals surface area (Å²) in [6.45, 7) is 2.03. The third-order valence-corrected chi connectivity index (χ3v) is 4.25. The molecule has 1 N–H and O–H groups in total. The maximum absolute atomic E-state index is 6.06. The number of aromatic nitrogens is 2. The average molecular weight is 303 g/mol. The van der Waals surface area contributed by atoms with E-state index in [-0.39, 0.29) is 0 Å². The quantitative estimate of drug-likeness (QED) is 0.585. The van der Waals surface area contributed by atoms with Gasteiger partial charge in [-0.1, -0.05) is 29.8 Å². The summed E-state index contributed by atoms with van der Waals surface area (Å²) in [5.41, 5.74) is 5.91. The molecule has 0 unspecified atom stereocenters. The van der Waals surface area contributed by atoms with E-state index in [1.807, 2.05) is 31.2 Å². The van der Waals surface area contributed by atoms with Crippen molar-refractivity contribution in [2.75, 3.05) is 5.43 Å². The molecule has 0 fully saturated rings. The molecule has 0 saturated carbocycles. The Bertz CT molecular complexity index is 782. The van der Waals surface area contributed by atoms with Crippen molar-refractivity contribution in [3.8, 4) is 0 Å². The smallest absolute Gasteiger partial charge is 0.167 e. The van der Waals surface area contributed by atoms with Crippen LogP contribution in [-0.4, -0.2) is 16.2 Å². The van der Waals surface area contributed by atoms with E-state index in [0.717, 1.165) is 21.3 Å². The second kappa shape index (κ2) is 5.56. The molecule has 2 heterocycles. The molecule has 20 heavy (non-hydrogen) atoms. The van der Waals surface area contributed by atoms with Crippen molar-refractivity contribution in [3.63, 3.8) is 0 Å². The van der Waals surface area contributed by atoms with Gasteiger partial charge in [-0.05, 0) is 23.9 Å². The summed E-state index contributed by atoms with van der Waals surface area (Å²) in [5, 5.41) is 6.91. The highest BCUT2D eigenvalue weighted by Gasteiger charge is 2.06. The van der Waals surface area contributed by atoms with Gasteiger partial charge < -0.3 is 0 Å². The largest absolute Gasteiger partial charge is 0.260 e. The van der Waals surface area contributed by atoms with Crippen molar-refractivity contribution in [1.29, 1.82) is 0 Å². The summed E-state index contributed by atoms with van der Waals surface area (Å²) in [5.74, 6) is 0.705. The van der Waals surface area contributed by atoms with Crippen LogP contribution in [0.5, 0.6) is 0 Å². The summed E-state index contributed by atoms with van der Waals surface area (Å²) in [4.78, 5) is 8.48. The lowest BCUT2D eigenvalue weighted by Crippen LogP contribution is -1.95. The van der Waals surface area contributed by atoms with Crippen molar-refractivity contribution in [2.24, 2.45) is 5.10 Å². The number of fused-ring (bicyclic) bond motifs is 1. The Kier molecular flexibility index (Phi) is 3.62. The number of nitrogens with zero attached hydrogens (tertiary/aromatic N) is 3. The van der Waals surface area contributed by atoms with E-state index >= 15 is 0 Å². The van der Waals surface area contributed by atoms with Gasteiger partial charge >= 0.3 is 0 Å². The standard InChI is InChI=1S/C14H11ClN4S/c1-9-7-20-13-12(9)16-8-17-14(13)19-18-6-10-4-2-3-5-11(10)15/h2-8H,1H3,(H,16,17,19). The summed E-state index contributed by atoms with van der Waals surface area (Å²) in [6, 6.07) is 7.53.